The van der Waals surface area contributed by atoms with Crippen LogP contribution in [0.3, 0.4) is 0 Å². The summed E-state index contributed by atoms with van der Waals surface area (Å²) in [6, 6.07) is 0. The molecule has 0 aromatic carbocycles. The topological polar surface area (TPSA) is 61.8 Å². The van der Waals surface area contributed by atoms with Gasteiger partial charge in [-0.1, -0.05) is 41.5 Å². The lowest BCUT2D eigenvalue weighted by atomic mass is 9.94. The van der Waals surface area contributed by atoms with Crippen molar-refractivity contribution in [3.63, 3.8) is 0 Å². The van der Waals surface area contributed by atoms with Crippen molar-refractivity contribution in [2.75, 3.05) is 0 Å². The van der Waals surface area contributed by atoms with Gasteiger partial charge in [0.25, 0.3) is 0 Å². The summed E-state index contributed by atoms with van der Waals surface area (Å²) >= 11 is 0. The van der Waals surface area contributed by atoms with Crippen LogP contribution in [0.25, 0.3) is 0 Å². The average Bonchev–Trinajstić information content (AvgIpc) is 2.47. The zero-order valence-electron chi connectivity index (χ0n) is 20.7. The number of hydrogen-bond donors (Lipinski definition) is 0. The summed E-state index contributed by atoms with van der Waals surface area (Å²) in [5.41, 5.74) is -5.11. The van der Waals surface area contributed by atoms with Gasteiger partial charge in [0, 0.05) is 12.8 Å². The highest BCUT2D eigenvalue weighted by Crippen LogP contribution is 2.44. The van der Waals surface area contributed by atoms with E-state index in [4.69, 9.17) is 8.85 Å². The van der Waals surface area contributed by atoms with Crippen LogP contribution in [0.15, 0.2) is 11.3 Å². The highest BCUT2D eigenvalue weighted by molar-refractivity contribution is 7.87. The van der Waals surface area contributed by atoms with Gasteiger partial charge < -0.3 is 13.0 Å². The number of halogens is 3. The molecule has 0 heterocycles. The summed E-state index contributed by atoms with van der Waals surface area (Å²) in [7, 11) is -10.3. The van der Waals surface area contributed by atoms with Crippen molar-refractivity contribution >= 4 is 26.8 Å². The van der Waals surface area contributed by atoms with Crippen LogP contribution in [0.2, 0.25) is 36.3 Å². The van der Waals surface area contributed by atoms with Crippen LogP contribution in [0.4, 0.5) is 13.2 Å². The summed E-state index contributed by atoms with van der Waals surface area (Å²) < 4.78 is 79.9. The first kappa shape index (κ1) is 28.7. The summed E-state index contributed by atoms with van der Waals surface area (Å²) in [5, 5.41) is -0.238. The smallest absolute Gasteiger partial charge is 0.413 e. The first-order valence-electron chi connectivity index (χ1n) is 10.5. The van der Waals surface area contributed by atoms with Gasteiger partial charge in [-0.2, -0.15) is 21.6 Å². The molecule has 1 aliphatic rings. The van der Waals surface area contributed by atoms with Crippen LogP contribution >= 0.6 is 0 Å². The molecule has 0 aliphatic heterocycles. The maximum atomic E-state index is 13.0. The van der Waals surface area contributed by atoms with Crippen LogP contribution in [0, 0.1) is 0 Å². The predicted molar refractivity (Wildman–Crippen MR) is 122 cm³/mol. The molecule has 0 aromatic heterocycles. The molecule has 2 atom stereocenters. The van der Waals surface area contributed by atoms with Crippen LogP contribution < -0.4 is 0 Å². The first-order valence-corrected chi connectivity index (χ1v) is 17.7. The second kappa shape index (κ2) is 8.77. The molecule has 0 fully saturated rings. The third-order valence-corrected chi connectivity index (χ3v) is 16.8. The summed E-state index contributed by atoms with van der Waals surface area (Å²) in [6.45, 7) is 22.2. The number of rotatable bonds is 6. The van der Waals surface area contributed by atoms with Crippen LogP contribution in [0.1, 0.15) is 61.3 Å². The summed E-state index contributed by atoms with van der Waals surface area (Å²) in [4.78, 5) is 0. The summed E-state index contributed by atoms with van der Waals surface area (Å²) in [5.74, 6) is -0.226. The Morgan fingerprint density at radius 2 is 1.29 bits per heavy atom. The van der Waals surface area contributed by atoms with E-state index in [-0.39, 0.29) is 22.3 Å². The van der Waals surface area contributed by atoms with Crippen LogP contribution in [-0.4, -0.2) is 42.8 Å². The molecule has 0 N–H and O–H groups in total. The molecule has 0 spiro atoms. The maximum absolute atomic E-state index is 13.0. The molecule has 5 nitrogen and oxygen atoms in total. The fourth-order valence-electron chi connectivity index (χ4n) is 2.68. The van der Waals surface area contributed by atoms with Gasteiger partial charge in [0.1, 0.15) is 5.76 Å². The Morgan fingerprint density at radius 3 is 1.68 bits per heavy atom. The molecule has 0 aromatic rings. The third kappa shape index (κ3) is 6.81. The fourth-order valence-corrected chi connectivity index (χ4v) is 5.94. The second-order valence-corrected chi connectivity index (χ2v) is 22.4. The van der Waals surface area contributed by atoms with Crippen molar-refractivity contribution in [2.45, 2.75) is 115 Å². The van der Waals surface area contributed by atoms with E-state index in [2.05, 4.69) is 58.8 Å². The predicted octanol–water partition coefficient (Wildman–Crippen LogP) is 6.70. The van der Waals surface area contributed by atoms with Gasteiger partial charge in [-0.3, -0.25) is 0 Å². The molecule has 0 saturated carbocycles. The minimum Gasteiger partial charge on any atom is -0.413 e. The Balaban J connectivity index is 3.37. The average molecular weight is 505 g/mol. The molecule has 1 rings (SSSR count). The molecule has 184 valence electrons. The molecule has 0 unspecified atom stereocenters. The molecule has 1 aliphatic carbocycles. The number of hydrogen-bond acceptors (Lipinski definition) is 5. The van der Waals surface area contributed by atoms with E-state index in [0.717, 1.165) is 0 Å². The van der Waals surface area contributed by atoms with E-state index in [1.165, 1.54) is 0 Å². The zero-order valence-corrected chi connectivity index (χ0v) is 23.5. The first-order chi connectivity index (χ1) is 13.4. The van der Waals surface area contributed by atoms with E-state index < -0.39 is 44.5 Å². The van der Waals surface area contributed by atoms with Gasteiger partial charge >= 0.3 is 15.6 Å². The van der Waals surface area contributed by atoms with Gasteiger partial charge in [-0.25, -0.2) is 0 Å². The minimum atomic E-state index is -5.77. The highest BCUT2D eigenvalue weighted by Gasteiger charge is 2.50. The van der Waals surface area contributed by atoms with Gasteiger partial charge in [-0.05, 0) is 48.8 Å². The molecule has 0 bridgehead atoms. The van der Waals surface area contributed by atoms with Crippen molar-refractivity contribution in [3.8, 4) is 0 Å². The Morgan fingerprint density at radius 1 is 0.871 bits per heavy atom. The van der Waals surface area contributed by atoms with Crippen molar-refractivity contribution in [1.29, 1.82) is 0 Å². The second-order valence-electron chi connectivity index (χ2n) is 11.4. The zero-order chi connectivity index (χ0) is 24.8. The maximum Gasteiger partial charge on any atom is 0.534 e. The standard InChI is InChI=1S/C20H39F3O5SSi2/c1-14-16(26-29(24,25)20(21,22)23)12-15(27-30(8,9)18(2,3)4)13-17(14)28-31(10,11)19(5,6)7/h15,17H,12-13H2,1-11H3/t15-,17+/m1/s1. The van der Waals surface area contributed by atoms with Crippen molar-refractivity contribution < 1.29 is 34.6 Å². The molecular formula is C20H39F3O5SSi2. The van der Waals surface area contributed by atoms with Gasteiger partial charge in [0.2, 0.25) is 0 Å². The van der Waals surface area contributed by atoms with E-state index >= 15 is 0 Å². The lowest BCUT2D eigenvalue weighted by Crippen LogP contribution is -2.49. The quantitative estimate of drug-likeness (QED) is 0.229. The minimum absolute atomic E-state index is 0.0367. The Hall–Kier alpha value is -0.366. The highest BCUT2D eigenvalue weighted by atomic mass is 32.2. The van der Waals surface area contributed by atoms with Crippen LogP contribution in [0.5, 0.6) is 0 Å². The number of alkyl halides is 3. The molecule has 11 heteroatoms. The van der Waals surface area contributed by atoms with Gasteiger partial charge in [0.05, 0.1) is 12.2 Å². The molecule has 0 amide bonds. The summed E-state index contributed by atoms with van der Waals surface area (Å²) in [6.07, 6.45) is -0.643. The molecule has 31 heavy (non-hydrogen) atoms. The molecular weight excluding hydrogens is 465 g/mol. The Labute approximate surface area is 188 Å². The van der Waals surface area contributed by atoms with E-state index in [0.29, 0.717) is 12.0 Å². The lowest BCUT2D eigenvalue weighted by Gasteiger charge is -2.44. The fraction of sp³-hybridized carbons (Fsp3) is 0.900. The van der Waals surface area contributed by atoms with Crippen molar-refractivity contribution in [1.82, 2.24) is 0 Å². The Bertz CT molecular complexity index is 791. The SMILES string of the molecule is CC1=C(OS(=O)(=O)C(F)(F)F)C[C@@H](O[Si](C)(C)C(C)(C)C)C[C@@H]1O[Si](C)(C)C(C)(C)C. The normalized spacial score (nSPS) is 22.6. The van der Waals surface area contributed by atoms with Crippen molar-refractivity contribution in [2.24, 2.45) is 0 Å². The van der Waals surface area contributed by atoms with Crippen molar-refractivity contribution in [3.05, 3.63) is 11.3 Å². The van der Waals surface area contributed by atoms with Gasteiger partial charge in [0.15, 0.2) is 16.6 Å². The van der Waals surface area contributed by atoms with Crippen LogP contribution in [-0.2, 0) is 23.2 Å². The monoisotopic (exact) mass is 504 g/mol. The largest absolute Gasteiger partial charge is 0.534 e. The van der Waals surface area contributed by atoms with E-state index in [1.54, 1.807) is 6.92 Å². The molecule has 0 saturated heterocycles. The Kier molecular flexibility index (Phi) is 8.11. The third-order valence-electron chi connectivity index (χ3n) is 6.82. The van der Waals surface area contributed by atoms with E-state index in [1.807, 2.05) is 13.1 Å². The molecule has 0 radical (unpaired) electrons. The lowest BCUT2D eigenvalue weighted by molar-refractivity contribution is -0.0531. The van der Waals surface area contributed by atoms with E-state index in [9.17, 15) is 21.6 Å². The van der Waals surface area contributed by atoms with Gasteiger partial charge in [-0.15, -0.1) is 0 Å².